The van der Waals surface area contributed by atoms with Crippen molar-refractivity contribution in [2.45, 2.75) is 0 Å². The molecule has 144 valence electrons. The zero-order valence-electron chi connectivity index (χ0n) is 16.5. The third kappa shape index (κ3) is 2.43. The van der Waals surface area contributed by atoms with Crippen LogP contribution >= 0.6 is 0 Å². The van der Waals surface area contributed by atoms with E-state index in [1.54, 1.807) is 10.5 Å². The summed E-state index contributed by atoms with van der Waals surface area (Å²) in [7, 11) is 0. The van der Waals surface area contributed by atoms with E-state index in [-0.39, 0.29) is 5.56 Å². The van der Waals surface area contributed by atoms with E-state index in [4.69, 9.17) is 0 Å². The van der Waals surface area contributed by atoms with E-state index < -0.39 is 0 Å². The highest BCUT2D eigenvalue weighted by atomic mass is 16.1. The molecule has 2 heterocycles. The zero-order chi connectivity index (χ0) is 20.9. The molecule has 0 amide bonds. The summed E-state index contributed by atoms with van der Waals surface area (Å²) in [5.41, 5.74) is 4.11. The van der Waals surface area contributed by atoms with Gasteiger partial charge in [0.05, 0.1) is 16.6 Å². The minimum Gasteiger partial charge on any atom is -0.274 e. The Morgan fingerprint density at radius 3 is 2.00 bits per heavy atom. The molecule has 0 bridgehead atoms. The molecule has 0 radical (unpaired) electrons. The molecule has 0 aliphatic heterocycles. The van der Waals surface area contributed by atoms with Gasteiger partial charge in [-0.25, -0.2) is 0 Å². The van der Waals surface area contributed by atoms with Gasteiger partial charge < -0.3 is 0 Å². The first-order chi connectivity index (χ1) is 15.3. The van der Waals surface area contributed by atoms with Crippen LogP contribution in [0.2, 0.25) is 0 Å². The fraction of sp³-hybridized carbons (Fsp3) is 0. The maximum absolute atomic E-state index is 13.6. The van der Waals surface area contributed by atoms with Crippen molar-refractivity contribution >= 4 is 38.0 Å². The quantitative estimate of drug-likeness (QED) is 0.242. The smallest absolute Gasteiger partial charge is 0.263 e. The average Bonchev–Trinajstić information content (AvgIpc) is 2.84. The van der Waals surface area contributed by atoms with Crippen LogP contribution in [0, 0.1) is 11.3 Å². The van der Waals surface area contributed by atoms with Crippen molar-refractivity contribution in [1.82, 2.24) is 4.40 Å². The number of rotatable bonds is 1. The average molecular weight is 396 g/mol. The van der Waals surface area contributed by atoms with E-state index in [9.17, 15) is 10.1 Å². The largest absolute Gasteiger partial charge is 0.274 e. The molecule has 6 aromatic rings. The molecule has 6 rings (SSSR count). The lowest BCUT2D eigenvalue weighted by Crippen LogP contribution is -2.16. The van der Waals surface area contributed by atoms with Gasteiger partial charge in [0.15, 0.2) is 0 Å². The Labute approximate surface area is 178 Å². The fourth-order valence-electron chi connectivity index (χ4n) is 4.63. The second kappa shape index (κ2) is 6.55. The highest BCUT2D eigenvalue weighted by Crippen LogP contribution is 2.34. The molecule has 0 atom stereocenters. The molecular formula is C28H16N2O. The van der Waals surface area contributed by atoms with Gasteiger partial charge in [-0.2, -0.15) is 5.26 Å². The maximum Gasteiger partial charge on any atom is 0.263 e. The molecule has 3 nitrogen and oxygen atoms in total. The highest BCUT2D eigenvalue weighted by Gasteiger charge is 2.17. The Morgan fingerprint density at radius 2 is 1.26 bits per heavy atom. The number of hydrogen-bond acceptors (Lipinski definition) is 2. The second-order valence-electron chi connectivity index (χ2n) is 7.67. The highest BCUT2D eigenvalue weighted by molar-refractivity contribution is 6.16. The Balaban J connectivity index is 1.91. The molecule has 2 aromatic heterocycles. The van der Waals surface area contributed by atoms with Crippen LogP contribution in [0.1, 0.15) is 5.56 Å². The van der Waals surface area contributed by atoms with Crippen molar-refractivity contribution in [3.05, 3.63) is 113 Å². The van der Waals surface area contributed by atoms with Crippen LogP contribution < -0.4 is 5.56 Å². The van der Waals surface area contributed by atoms with Crippen LogP contribution in [0.5, 0.6) is 0 Å². The van der Waals surface area contributed by atoms with Gasteiger partial charge in [-0.1, -0.05) is 78.9 Å². The van der Waals surface area contributed by atoms with Gasteiger partial charge in [-0.05, 0) is 34.7 Å². The standard InChI is InChI=1S/C28H16N2O/c29-17-25-21-11-5-7-13-23(21)28(31)30-26-15-14-19(18-8-2-1-3-9-18)16-24(26)20-10-4-6-12-22(20)27(25)30/h1-16H. The summed E-state index contributed by atoms with van der Waals surface area (Å²) in [5, 5.41) is 14.3. The van der Waals surface area contributed by atoms with Crippen LogP contribution in [0.15, 0.2) is 102 Å². The fourth-order valence-corrected chi connectivity index (χ4v) is 4.63. The lowest BCUT2D eigenvalue weighted by molar-refractivity contribution is 1.18. The topological polar surface area (TPSA) is 45.3 Å². The number of benzene rings is 4. The summed E-state index contributed by atoms with van der Waals surface area (Å²) < 4.78 is 1.72. The summed E-state index contributed by atoms with van der Waals surface area (Å²) in [6.45, 7) is 0. The van der Waals surface area contributed by atoms with Crippen LogP contribution in [0.25, 0.3) is 49.1 Å². The molecule has 0 spiro atoms. The van der Waals surface area contributed by atoms with Crippen LogP contribution in [-0.4, -0.2) is 4.40 Å². The van der Waals surface area contributed by atoms with Crippen molar-refractivity contribution < 1.29 is 0 Å². The molecule has 4 aromatic carbocycles. The van der Waals surface area contributed by atoms with Gasteiger partial charge >= 0.3 is 0 Å². The summed E-state index contributed by atoms with van der Waals surface area (Å²) in [6.07, 6.45) is 0. The third-order valence-electron chi connectivity index (χ3n) is 6.02. The number of nitriles is 1. The lowest BCUT2D eigenvalue weighted by atomic mass is 9.96. The molecule has 0 N–H and O–H groups in total. The molecule has 0 aliphatic rings. The molecule has 0 aliphatic carbocycles. The van der Waals surface area contributed by atoms with Gasteiger partial charge in [0.1, 0.15) is 6.07 Å². The SMILES string of the molecule is N#Cc1c2ccccc2c(=O)n2c3ccc(-c4ccccc4)cc3c3ccccc3c12. The Morgan fingerprint density at radius 1 is 0.613 bits per heavy atom. The zero-order valence-corrected chi connectivity index (χ0v) is 16.5. The predicted molar refractivity (Wildman–Crippen MR) is 126 cm³/mol. The first-order valence-electron chi connectivity index (χ1n) is 10.2. The number of pyridine rings is 2. The predicted octanol–water partition coefficient (Wildman–Crippen LogP) is 6.30. The minimum absolute atomic E-state index is 0.104. The van der Waals surface area contributed by atoms with E-state index in [1.165, 1.54) is 0 Å². The summed E-state index contributed by atoms with van der Waals surface area (Å²) in [6, 6.07) is 34.1. The number of aromatic nitrogens is 1. The van der Waals surface area contributed by atoms with Crippen molar-refractivity contribution in [3.63, 3.8) is 0 Å². The van der Waals surface area contributed by atoms with Gasteiger partial charge in [-0.15, -0.1) is 0 Å². The van der Waals surface area contributed by atoms with Crippen LogP contribution in [0.4, 0.5) is 0 Å². The van der Waals surface area contributed by atoms with E-state index in [0.29, 0.717) is 21.9 Å². The number of nitrogens with zero attached hydrogens (tertiary/aromatic N) is 2. The maximum atomic E-state index is 13.6. The van der Waals surface area contributed by atoms with Gasteiger partial charge in [0.25, 0.3) is 5.56 Å². The molecular weight excluding hydrogens is 380 g/mol. The Bertz CT molecular complexity index is 1760. The summed E-state index contributed by atoms with van der Waals surface area (Å²) in [5.74, 6) is 0. The minimum atomic E-state index is -0.104. The second-order valence-corrected chi connectivity index (χ2v) is 7.67. The number of fused-ring (bicyclic) bond motifs is 7. The van der Waals surface area contributed by atoms with Crippen molar-refractivity contribution in [2.24, 2.45) is 0 Å². The van der Waals surface area contributed by atoms with Crippen molar-refractivity contribution in [1.29, 1.82) is 5.26 Å². The van der Waals surface area contributed by atoms with Crippen LogP contribution in [0.3, 0.4) is 0 Å². The van der Waals surface area contributed by atoms with Gasteiger partial charge in [0, 0.05) is 21.5 Å². The Kier molecular flexibility index (Phi) is 3.68. The molecule has 31 heavy (non-hydrogen) atoms. The van der Waals surface area contributed by atoms with Crippen molar-refractivity contribution in [3.8, 4) is 17.2 Å². The molecule has 3 heteroatoms. The van der Waals surface area contributed by atoms with Gasteiger partial charge in [0.2, 0.25) is 0 Å². The van der Waals surface area contributed by atoms with Gasteiger partial charge in [-0.3, -0.25) is 9.20 Å². The summed E-state index contributed by atoms with van der Waals surface area (Å²) in [4.78, 5) is 13.6. The number of hydrogen-bond donors (Lipinski definition) is 0. The molecule has 0 fully saturated rings. The first kappa shape index (κ1) is 17.4. The van der Waals surface area contributed by atoms with E-state index >= 15 is 0 Å². The summed E-state index contributed by atoms with van der Waals surface area (Å²) >= 11 is 0. The van der Waals surface area contributed by atoms with Crippen molar-refractivity contribution in [2.75, 3.05) is 0 Å². The molecule has 0 saturated heterocycles. The third-order valence-corrected chi connectivity index (χ3v) is 6.02. The van der Waals surface area contributed by atoms with Crippen LogP contribution in [-0.2, 0) is 0 Å². The lowest BCUT2D eigenvalue weighted by Gasteiger charge is -2.15. The van der Waals surface area contributed by atoms with E-state index in [2.05, 4.69) is 30.3 Å². The van der Waals surface area contributed by atoms with E-state index in [1.807, 2.05) is 66.7 Å². The molecule has 0 unspecified atom stereocenters. The van der Waals surface area contributed by atoms with E-state index in [0.717, 1.165) is 32.8 Å². The molecule has 0 saturated carbocycles. The first-order valence-corrected chi connectivity index (χ1v) is 10.2. The Hall–Kier alpha value is -4.42. The monoisotopic (exact) mass is 396 g/mol. The normalized spacial score (nSPS) is 11.3.